The fraction of sp³-hybridized carbons (Fsp3) is 0.600. The normalized spacial score (nSPS) is 10.7. The zero-order valence-corrected chi connectivity index (χ0v) is 11.1. The number of methoxy groups -OCH3 is 1. The molecule has 0 aromatic heterocycles. The second-order valence-electron chi connectivity index (χ2n) is 4.45. The Morgan fingerprint density at radius 3 is 2.47 bits per heavy atom. The SMILES string of the molecule is COCCCCCCOCc1cccc(C)c1. The van der Waals surface area contributed by atoms with Crippen molar-refractivity contribution in [2.24, 2.45) is 0 Å². The highest BCUT2D eigenvalue weighted by molar-refractivity contribution is 5.21. The van der Waals surface area contributed by atoms with Crippen LogP contribution in [0.2, 0.25) is 0 Å². The zero-order valence-electron chi connectivity index (χ0n) is 11.1. The number of benzene rings is 1. The lowest BCUT2D eigenvalue weighted by molar-refractivity contribution is 0.116. The van der Waals surface area contributed by atoms with E-state index in [0.717, 1.165) is 32.7 Å². The van der Waals surface area contributed by atoms with Crippen molar-refractivity contribution in [3.63, 3.8) is 0 Å². The first kappa shape index (κ1) is 14.2. The van der Waals surface area contributed by atoms with Gasteiger partial charge in [0.05, 0.1) is 6.61 Å². The second kappa shape index (κ2) is 9.20. The lowest BCUT2D eigenvalue weighted by Gasteiger charge is -2.05. The van der Waals surface area contributed by atoms with E-state index in [4.69, 9.17) is 9.47 Å². The maximum Gasteiger partial charge on any atom is 0.0716 e. The standard InChI is InChI=1S/C15H24O2/c1-14-8-7-9-15(12-14)13-17-11-6-4-3-5-10-16-2/h7-9,12H,3-6,10-11,13H2,1-2H3. The second-order valence-corrected chi connectivity index (χ2v) is 4.45. The molecule has 0 saturated heterocycles. The Kier molecular flexibility index (Phi) is 7.69. The van der Waals surface area contributed by atoms with E-state index in [-0.39, 0.29) is 0 Å². The first-order valence-corrected chi connectivity index (χ1v) is 6.45. The van der Waals surface area contributed by atoms with E-state index in [0.29, 0.717) is 0 Å². The smallest absolute Gasteiger partial charge is 0.0716 e. The Morgan fingerprint density at radius 1 is 1.00 bits per heavy atom. The average molecular weight is 236 g/mol. The summed E-state index contributed by atoms with van der Waals surface area (Å²) in [5.41, 5.74) is 2.56. The van der Waals surface area contributed by atoms with Gasteiger partial charge in [-0.2, -0.15) is 0 Å². The number of hydrogen-bond donors (Lipinski definition) is 0. The fourth-order valence-electron chi connectivity index (χ4n) is 1.80. The van der Waals surface area contributed by atoms with Crippen LogP contribution in [0.5, 0.6) is 0 Å². The van der Waals surface area contributed by atoms with E-state index in [1.54, 1.807) is 7.11 Å². The van der Waals surface area contributed by atoms with Gasteiger partial charge in [-0.1, -0.05) is 42.7 Å². The Bertz CT molecular complexity index is 297. The summed E-state index contributed by atoms with van der Waals surface area (Å²) >= 11 is 0. The van der Waals surface area contributed by atoms with Gasteiger partial charge >= 0.3 is 0 Å². The molecule has 0 amide bonds. The van der Waals surface area contributed by atoms with Gasteiger partial charge < -0.3 is 9.47 Å². The lowest BCUT2D eigenvalue weighted by Crippen LogP contribution is -1.96. The molecule has 1 aromatic rings. The molecular formula is C15H24O2. The maximum atomic E-state index is 5.65. The molecule has 2 heteroatoms. The molecule has 0 spiro atoms. The third-order valence-electron chi connectivity index (χ3n) is 2.74. The van der Waals surface area contributed by atoms with Crippen molar-refractivity contribution >= 4 is 0 Å². The first-order valence-electron chi connectivity index (χ1n) is 6.45. The summed E-state index contributed by atoms with van der Waals surface area (Å²) in [6.07, 6.45) is 4.78. The van der Waals surface area contributed by atoms with Gasteiger partial charge in [-0.25, -0.2) is 0 Å². The van der Waals surface area contributed by atoms with Crippen molar-refractivity contribution in [3.05, 3.63) is 35.4 Å². The van der Waals surface area contributed by atoms with Crippen molar-refractivity contribution in [3.8, 4) is 0 Å². The van der Waals surface area contributed by atoms with Crippen LogP contribution in [0, 0.1) is 6.92 Å². The molecule has 0 unspecified atom stereocenters. The van der Waals surface area contributed by atoms with Gasteiger partial charge in [0, 0.05) is 20.3 Å². The topological polar surface area (TPSA) is 18.5 Å². The van der Waals surface area contributed by atoms with E-state index in [9.17, 15) is 0 Å². The molecule has 96 valence electrons. The molecule has 17 heavy (non-hydrogen) atoms. The summed E-state index contributed by atoms with van der Waals surface area (Å²) in [7, 11) is 1.75. The Hall–Kier alpha value is -0.860. The molecule has 0 bridgehead atoms. The molecule has 0 aliphatic heterocycles. The summed E-state index contributed by atoms with van der Waals surface area (Å²) in [5.74, 6) is 0. The van der Waals surface area contributed by atoms with Crippen molar-refractivity contribution in [1.29, 1.82) is 0 Å². The zero-order chi connectivity index (χ0) is 12.3. The number of unbranched alkanes of at least 4 members (excludes halogenated alkanes) is 3. The van der Waals surface area contributed by atoms with Gasteiger partial charge in [0.2, 0.25) is 0 Å². The lowest BCUT2D eigenvalue weighted by atomic mass is 10.1. The molecule has 0 atom stereocenters. The van der Waals surface area contributed by atoms with E-state index in [1.807, 2.05) is 0 Å². The minimum absolute atomic E-state index is 0.736. The third kappa shape index (κ3) is 7.14. The van der Waals surface area contributed by atoms with Crippen LogP contribution in [0.4, 0.5) is 0 Å². The largest absolute Gasteiger partial charge is 0.385 e. The number of rotatable bonds is 9. The van der Waals surface area contributed by atoms with Gasteiger partial charge in [-0.15, -0.1) is 0 Å². The Labute approximate surface area is 105 Å². The van der Waals surface area contributed by atoms with Crippen LogP contribution in [0.3, 0.4) is 0 Å². The summed E-state index contributed by atoms with van der Waals surface area (Å²) in [6, 6.07) is 8.49. The van der Waals surface area contributed by atoms with Gasteiger partial charge in [0.15, 0.2) is 0 Å². The molecule has 1 rings (SSSR count). The first-order chi connectivity index (χ1) is 8.33. The summed E-state index contributed by atoms with van der Waals surface area (Å²) in [4.78, 5) is 0. The van der Waals surface area contributed by atoms with Crippen LogP contribution in [0.25, 0.3) is 0 Å². The van der Waals surface area contributed by atoms with Crippen LogP contribution in [-0.4, -0.2) is 20.3 Å². The molecule has 0 N–H and O–H groups in total. The third-order valence-corrected chi connectivity index (χ3v) is 2.74. The van der Waals surface area contributed by atoms with E-state index >= 15 is 0 Å². The van der Waals surface area contributed by atoms with Crippen LogP contribution in [-0.2, 0) is 16.1 Å². The van der Waals surface area contributed by atoms with Gasteiger partial charge in [0.1, 0.15) is 0 Å². The predicted octanol–water partition coefficient (Wildman–Crippen LogP) is 3.72. The van der Waals surface area contributed by atoms with Crippen LogP contribution >= 0.6 is 0 Å². The van der Waals surface area contributed by atoms with Crippen molar-refractivity contribution in [1.82, 2.24) is 0 Å². The molecule has 2 nitrogen and oxygen atoms in total. The van der Waals surface area contributed by atoms with Crippen molar-refractivity contribution in [2.45, 2.75) is 39.2 Å². The van der Waals surface area contributed by atoms with Crippen molar-refractivity contribution < 1.29 is 9.47 Å². The van der Waals surface area contributed by atoms with Crippen LogP contribution in [0.15, 0.2) is 24.3 Å². The Morgan fingerprint density at radius 2 is 1.76 bits per heavy atom. The molecule has 0 radical (unpaired) electrons. The maximum absolute atomic E-state index is 5.65. The molecule has 0 fully saturated rings. The molecule has 0 heterocycles. The number of aryl methyl sites for hydroxylation is 1. The minimum Gasteiger partial charge on any atom is -0.385 e. The minimum atomic E-state index is 0.736. The predicted molar refractivity (Wildman–Crippen MR) is 71.2 cm³/mol. The summed E-state index contributed by atoms with van der Waals surface area (Å²) in [6.45, 7) is 4.59. The highest BCUT2D eigenvalue weighted by Gasteiger charge is 1.94. The van der Waals surface area contributed by atoms with E-state index in [2.05, 4.69) is 31.2 Å². The molecule has 0 aliphatic rings. The molecule has 0 aliphatic carbocycles. The highest BCUT2D eigenvalue weighted by Crippen LogP contribution is 2.06. The molecule has 0 saturated carbocycles. The van der Waals surface area contributed by atoms with Gasteiger partial charge in [-0.3, -0.25) is 0 Å². The summed E-state index contributed by atoms with van der Waals surface area (Å²) < 4.78 is 10.7. The number of hydrogen-bond acceptors (Lipinski definition) is 2. The molecular weight excluding hydrogens is 212 g/mol. The van der Waals surface area contributed by atoms with Gasteiger partial charge in [0.25, 0.3) is 0 Å². The fourth-order valence-corrected chi connectivity index (χ4v) is 1.80. The average Bonchev–Trinajstić information content (AvgIpc) is 2.33. The van der Waals surface area contributed by atoms with Gasteiger partial charge in [-0.05, 0) is 25.3 Å². The van der Waals surface area contributed by atoms with Crippen molar-refractivity contribution in [2.75, 3.05) is 20.3 Å². The van der Waals surface area contributed by atoms with Crippen LogP contribution < -0.4 is 0 Å². The van der Waals surface area contributed by atoms with E-state index < -0.39 is 0 Å². The quantitative estimate of drug-likeness (QED) is 0.608. The highest BCUT2D eigenvalue weighted by atomic mass is 16.5. The summed E-state index contributed by atoms with van der Waals surface area (Å²) in [5, 5.41) is 0. The number of ether oxygens (including phenoxy) is 2. The van der Waals surface area contributed by atoms with Crippen LogP contribution in [0.1, 0.15) is 36.8 Å². The van der Waals surface area contributed by atoms with E-state index in [1.165, 1.54) is 24.0 Å². The monoisotopic (exact) mass is 236 g/mol. The Balaban J connectivity index is 1.97. The molecule has 1 aromatic carbocycles.